The topological polar surface area (TPSA) is 9.23 Å². The summed E-state index contributed by atoms with van der Waals surface area (Å²) in [6, 6.07) is 12.3. The van der Waals surface area contributed by atoms with Crippen molar-refractivity contribution in [3.05, 3.63) is 63.9 Å². The van der Waals surface area contributed by atoms with Crippen LogP contribution in [0.15, 0.2) is 46.9 Å². The highest BCUT2D eigenvalue weighted by Crippen LogP contribution is 2.19. The molecule has 2 rings (SSSR count). The zero-order valence-corrected chi connectivity index (χ0v) is 11.8. The Bertz CT molecular complexity index is 528. The number of rotatable bonds is 4. The molecular weight excluding hydrogens is 319 g/mol. The van der Waals surface area contributed by atoms with E-state index in [-0.39, 0.29) is 11.7 Å². The van der Waals surface area contributed by atoms with Crippen molar-refractivity contribution in [1.29, 1.82) is 0 Å². The summed E-state index contributed by atoms with van der Waals surface area (Å²) in [4.78, 5) is 0. The Kier molecular flexibility index (Phi) is 4.61. The number of ether oxygens (including phenoxy) is 1. The summed E-state index contributed by atoms with van der Waals surface area (Å²) in [5.41, 5.74) is 1.73. The number of hydrogen-bond acceptors (Lipinski definition) is 1. The van der Waals surface area contributed by atoms with E-state index in [1.165, 1.54) is 12.1 Å². The van der Waals surface area contributed by atoms with Crippen LogP contribution in [0.4, 0.5) is 4.39 Å². The summed E-state index contributed by atoms with van der Waals surface area (Å²) < 4.78 is 19.8. The van der Waals surface area contributed by atoms with E-state index in [0.717, 1.165) is 10.0 Å². The summed E-state index contributed by atoms with van der Waals surface area (Å²) in [5.74, 6) is 0.430. The number of halogens is 3. The second-order valence-corrected chi connectivity index (χ2v) is 5.03. The van der Waals surface area contributed by atoms with Gasteiger partial charge in [0.25, 0.3) is 0 Å². The van der Waals surface area contributed by atoms with Gasteiger partial charge in [0.15, 0.2) is 0 Å². The van der Waals surface area contributed by atoms with Crippen LogP contribution in [0.5, 0.6) is 5.75 Å². The lowest BCUT2D eigenvalue weighted by atomic mass is 10.2. The first kappa shape index (κ1) is 13.4. The second kappa shape index (κ2) is 6.21. The molecule has 0 aliphatic carbocycles. The molecule has 0 unspecified atom stereocenters. The smallest absolute Gasteiger partial charge is 0.127 e. The van der Waals surface area contributed by atoms with Crippen molar-refractivity contribution in [2.24, 2.45) is 0 Å². The summed E-state index contributed by atoms with van der Waals surface area (Å²) in [6.07, 6.45) is 0. The molecule has 1 nitrogen and oxygen atoms in total. The third-order valence-electron chi connectivity index (χ3n) is 2.40. The van der Waals surface area contributed by atoms with E-state index in [1.54, 1.807) is 6.07 Å². The first-order valence-electron chi connectivity index (χ1n) is 5.40. The van der Waals surface area contributed by atoms with Gasteiger partial charge in [-0.1, -0.05) is 28.1 Å². The largest absolute Gasteiger partial charge is 0.489 e. The van der Waals surface area contributed by atoms with E-state index < -0.39 is 0 Å². The van der Waals surface area contributed by atoms with Crippen LogP contribution < -0.4 is 4.74 Å². The molecular formula is C14H11BrClFO. The molecule has 94 valence electrons. The van der Waals surface area contributed by atoms with Crippen LogP contribution in [-0.4, -0.2) is 0 Å². The highest BCUT2D eigenvalue weighted by atomic mass is 79.9. The predicted octanol–water partition coefficient (Wildman–Crippen LogP) is 4.91. The van der Waals surface area contributed by atoms with Gasteiger partial charge in [-0.05, 0) is 35.4 Å². The first-order chi connectivity index (χ1) is 8.67. The molecule has 0 aliphatic rings. The SMILES string of the molecule is Fc1cc(CCl)cc(OCc2ccc(Br)cc2)c1. The van der Waals surface area contributed by atoms with Gasteiger partial charge in [-0.15, -0.1) is 11.6 Å². The van der Waals surface area contributed by atoms with Crippen molar-refractivity contribution in [1.82, 2.24) is 0 Å². The molecule has 0 amide bonds. The van der Waals surface area contributed by atoms with Gasteiger partial charge in [-0.3, -0.25) is 0 Å². The fraction of sp³-hybridized carbons (Fsp3) is 0.143. The minimum atomic E-state index is -0.334. The van der Waals surface area contributed by atoms with Crippen LogP contribution in [0, 0.1) is 5.82 Å². The molecule has 0 atom stereocenters. The maximum Gasteiger partial charge on any atom is 0.127 e. The standard InChI is InChI=1S/C14H11BrClFO/c15-12-3-1-10(2-4-12)9-18-14-6-11(8-16)5-13(17)7-14/h1-7H,8-9H2. The predicted molar refractivity (Wildman–Crippen MR) is 74.4 cm³/mol. The van der Waals surface area contributed by atoms with Crippen LogP contribution in [0.1, 0.15) is 11.1 Å². The van der Waals surface area contributed by atoms with E-state index in [0.29, 0.717) is 17.9 Å². The molecule has 0 spiro atoms. The van der Waals surface area contributed by atoms with E-state index in [4.69, 9.17) is 16.3 Å². The fourth-order valence-electron chi connectivity index (χ4n) is 1.53. The van der Waals surface area contributed by atoms with Crippen molar-refractivity contribution < 1.29 is 9.13 Å². The molecule has 2 aromatic carbocycles. The lowest BCUT2D eigenvalue weighted by Gasteiger charge is -2.08. The highest BCUT2D eigenvalue weighted by molar-refractivity contribution is 9.10. The quantitative estimate of drug-likeness (QED) is 0.725. The zero-order valence-electron chi connectivity index (χ0n) is 9.50. The minimum Gasteiger partial charge on any atom is -0.489 e. The lowest BCUT2D eigenvalue weighted by molar-refractivity contribution is 0.304. The van der Waals surface area contributed by atoms with Crippen LogP contribution in [-0.2, 0) is 12.5 Å². The van der Waals surface area contributed by atoms with Crippen LogP contribution >= 0.6 is 27.5 Å². The van der Waals surface area contributed by atoms with Gasteiger partial charge in [0.2, 0.25) is 0 Å². The van der Waals surface area contributed by atoms with Gasteiger partial charge in [0.1, 0.15) is 18.2 Å². The second-order valence-electron chi connectivity index (χ2n) is 3.84. The Balaban J connectivity index is 2.05. The molecule has 4 heteroatoms. The summed E-state index contributed by atoms with van der Waals surface area (Å²) in [5, 5.41) is 0. The monoisotopic (exact) mass is 328 g/mol. The Morgan fingerprint density at radius 1 is 1.06 bits per heavy atom. The Labute approximate surface area is 119 Å². The molecule has 0 aromatic heterocycles. The van der Waals surface area contributed by atoms with Crippen LogP contribution in [0.25, 0.3) is 0 Å². The molecule has 0 bridgehead atoms. The molecule has 2 aromatic rings. The van der Waals surface area contributed by atoms with Crippen molar-refractivity contribution in [3.8, 4) is 5.75 Å². The normalized spacial score (nSPS) is 10.4. The molecule has 0 saturated carbocycles. The summed E-state index contributed by atoms with van der Waals surface area (Å²) >= 11 is 9.04. The molecule has 0 heterocycles. The first-order valence-corrected chi connectivity index (χ1v) is 6.73. The van der Waals surface area contributed by atoms with Crippen molar-refractivity contribution >= 4 is 27.5 Å². The molecule has 0 saturated heterocycles. The third kappa shape index (κ3) is 3.72. The zero-order chi connectivity index (χ0) is 13.0. The Hall–Kier alpha value is -1.06. The van der Waals surface area contributed by atoms with Gasteiger partial charge in [0, 0.05) is 16.4 Å². The van der Waals surface area contributed by atoms with Gasteiger partial charge in [0.05, 0.1) is 0 Å². The van der Waals surface area contributed by atoms with Gasteiger partial charge < -0.3 is 4.74 Å². The van der Waals surface area contributed by atoms with Gasteiger partial charge in [-0.25, -0.2) is 4.39 Å². The number of benzene rings is 2. The van der Waals surface area contributed by atoms with Gasteiger partial charge >= 0.3 is 0 Å². The Morgan fingerprint density at radius 3 is 2.44 bits per heavy atom. The molecule has 0 fully saturated rings. The molecule has 0 aliphatic heterocycles. The van der Waals surface area contributed by atoms with Crippen molar-refractivity contribution in [2.45, 2.75) is 12.5 Å². The van der Waals surface area contributed by atoms with Crippen molar-refractivity contribution in [2.75, 3.05) is 0 Å². The van der Waals surface area contributed by atoms with E-state index in [2.05, 4.69) is 15.9 Å². The van der Waals surface area contributed by atoms with Crippen LogP contribution in [0.2, 0.25) is 0 Å². The fourth-order valence-corrected chi connectivity index (χ4v) is 1.95. The minimum absolute atomic E-state index is 0.270. The molecule has 0 N–H and O–H groups in total. The lowest BCUT2D eigenvalue weighted by Crippen LogP contribution is -1.96. The molecule has 18 heavy (non-hydrogen) atoms. The van der Waals surface area contributed by atoms with Gasteiger partial charge in [-0.2, -0.15) is 0 Å². The Morgan fingerprint density at radius 2 is 1.78 bits per heavy atom. The van der Waals surface area contributed by atoms with E-state index >= 15 is 0 Å². The maximum absolute atomic E-state index is 13.2. The third-order valence-corrected chi connectivity index (χ3v) is 3.24. The van der Waals surface area contributed by atoms with Crippen LogP contribution in [0.3, 0.4) is 0 Å². The summed E-state index contributed by atoms with van der Waals surface area (Å²) in [7, 11) is 0. The summed E-state index contributed by atoms with van der Waals surface area (Å²) in [6.45, 7) is 0.401. The number of hydrogen-bond donors (Lipinski definition) is 0. The molecule has 0 radical (unpaired) electrons. The highest BCUT2D eigenvalue weighted by Gasteiger charge is 2.02. The van der Waals surface area contributed by atoms with E-state index in [9.17, 15) is 4.39 Å². The average molecular weight is 330 g/mol. The van der Waals surface area contributed by atoms with Crippen molar-refractivity contribution in [3.63, 3.8) is 0 Å². The maximum atomic E-state index is 13.2. The van der Waals surface area contributed by atoms with E-state index in [1.807, 2.05) is 24.3 Å². The average Bonchev–Trinajstić information content (AvgIpc) is 2.37. The number of alkyl halides is 1.